The maximum absolute atomic E-state index is 12.0. The fourth-order valence-corrected chi connectivity index (χ4v) is 2.36. The highest BCUT2D eigenvalue weighted by Gasteiger charge is 2.14. The van der Waals surface area contributed by atoms with E-state index in [-0.39, 0.29) is 10.7 Å². The van der Waals surface area contributed by atoms with Crippen LogP contribution in [0.1, 0.15) is 0 Å². The van der Waals surface area contributed by atoms with Crippen molar-refractivity contribution < 1.29 is 8.42 Å². The van der Waals surface area contributed by atoms with Gasteiger partial charge in [0.2, 0.25) is 0 Å². The second-order valence-electron chi connectivity index (χ2n) is 3.36. The third kappa shape index (κ3) is 2.73. The number of rotatable bonds is 4. The van der Waals surface area contributed by atoms with Crippen LogP contribution in [0.25, 0.3) is 0 Å². The van der Waals surface area contributed by atoms with Gasteiger partial charge in [-0.05, 0) is 18.2 Å². The quantitative estimate of drug-likeness (QED) is 0.550. The number of sulfonamides is 1. The fourth-order valence-electron chi connectivity index (χ4n) is 1.29. The lowest BCUT2D eigenvalue weighted by molar-refractivity contribution is 0.601. The highest BCUT2D eigenvalue weighted by atomic mass is 32.2. The average Bonchev–Trinajstić information content (AvgIpc) is 2.39. The van der Waals surface area contributed by atoms with Crippen LogP contribution in [-0.4, -0.2) is 18.4 Å². The molecule has 0 spiro atoms. The summed E-state index contributed by atoms with van der Waals surface area (Å²) in [6.45, 7) is 0. The Labute approximate surface area is 104 Å². The molecule has 0 saturated heterocycles. The summed E-state index contributed by atoms with van der Waals surface area (Å²) < 4.78 is 26.5. The highest BCUT2D eigenvalue weighted by Crippen LogP contribution is 2.16. The van der Waals surface area contributed by atoms with Crippen LogP contribution in [0.15, 0.2) is 47.8 Å². The molecule has 0 bridgehead atoms. The van der Waals surface area contributed by atoms with Crippen molar-refractivity contribution in [3.63, 3.8) is 0 Å². The molecule has 2 aromatic rings. The molecule has 0 radical (unpaired) electrons. The summed E-state index contributed by atoms with van der Waals surface area (Å²) in [5.74, 6) is 5.45. The van der Waals surface area contributed by atoms with Crippen molar-refractivity contribution in [2.45, 2.75) is 4.90 Å². The van der Waals surface area contributed by atoms with Crippen LogP contribution in [-0.2, 0) is 10.0 Å². The smallest absolute Gasteiger partial charge is 0.262 e. The van der Waals surface area contributed by atoms with E-state index < -0.39 is 10.0 Å². The standard InChI is InChI=1S/C10H11N5O2S/c11-14-10-7-9(3-6-13-10)18(16,17)15-8-1-4-12-5-2-8/h1-7H,11H2,(H,12,15)(H,13,14). The van der Waals surface area contributed by atoms with Crippen molar-refractivity contribution in [2.75, 3.05) is 10.1 Å². The first-order chi connectivity index (χ1) is 8.62. The first-order valence-electron chi connectivity index (χ1n) is 4.97. The number of aromatic nitrogens is 2. The van der Waals surface area contributed by atoms with E-state index in [4.69, 9.17) is 5.84 Å². The van der Waals surface area contributed by atoms with Crippen molar-refractivity contribution in [3.05, 3.63) is 42.9 Å². The van der Waals surface area contributed by atoms with E-state index in [9.17, 15) is 8.42 Å². The van der Waals surface area contributed by atoms with Gasteiger partial charge < -0.3 is 5.43 Å². The zero-order valence-corrected chi connectivity index (χ0v) is 10.1. The summed E-state index contributed by atoms with van der Waals surface area (Å²) in [6.07, 6.45) is 4.35. The molecule has 2 heterocycles. The van der Waals surface area contributed by atoms with Crippen molar-refractivity contribution >= 4 is 21.5 Å². The molecule has 8 heteroatoms. The summed E-state index contributed by atoms with van der Waals surface area (Å²) in [6, 6.07) is 5.83. The second-order valence-corrected chi connectivity index (χ2v) is 5.04. The molecular weight excluding hydrogens is 254 g/mol. The van der Waals surface area contributed by atoms with Crippen molar-refractivity contribution in [2.24, 2.45) is 5.84 Å². The van der Waals surface area contributed by atoms with E-state index in [1.54, 1.807) is 12.1 Å². The maximum Gasteiger partial charge on any atom is 0.262 e. The molecule has 0 fully saturated rings. The number of nitrogens with two attached hydrogens (primary N) is 1. The molecular formula is C10H11N5O2S. The number of nitrogens with one attached hydrogen (secondary N) is 2. The lowest BCUT2D eigenvalue weighted by Crippen LogP contribution is -2.14. The first-order valence-corrected chi connectivity index (χ1v) is 6.45. The summed E-state index contributed by atoms with van der Waals surface area (Å²) in [4.78, 5) is 7.72. The van der Waals surface area contributed by atoms with Crippen LogP contribution in [0, 0.1) is 0 Å². The Morgan fingerprint density at radius 1 is 1.11 bits per heavy atom. The maximum atomic E-state index is 12.0. The Balaban J connectivity index is 2.31. The lowest BCUT2D eigenvalue weighted by atomic mass is 10.4. The second kappa shape index (κ2) is 4.98. The predicted molar refractivity (Wildman–Crippen MR) is 67.1 cm³/mol. The zero-order valence-electron chi connectivity index (χ0n) is 9.24. The summed E-state index contributed by atoms with van der Waals surface area (Å²) >= 11 is 0. The Hall–Kier alpha value is -2.19. The molecule has 0 aliphatic carbocycles. The summed E-state index contributed by atoms with van der Waals surface area (Å²) in [7, 11) is -3.66. The van der Waals surface area contributed by atoms with Gasteiger partial charge in [-0.15, -0.1) is 0 Å². The Morgan fingerprint density at radius 2 is 1.83 bits per heavy atom. The third-order valence-electron chi connectivity index (χ3n) is 2.12. The van der Waals surface area contributed by atoms with Crippen LogP contribution < -0.4 is 16.0 Å². The first kappa shape index (κ1) is 12.3. The van der Waals surface area contributed by atoms with Gasteiger partial charge in [-0.3, -0.25) is 9.71 Å². The number of pyridine rings is 2. The molecule has 0 saturated carbocycles. The molecule has 2 rings (SSSR count). The zero-order chi connectivity index (χ0) is 13.0. The molecule has 4 N–H and O–H groups in total. The molecule has 0 unspecified atom stereocenters. The molecule has 0 atom stereocenters. The number of hydrogen-bond donors (Lipinski definition) is 3. The van der Waals surface area contributed by atoms with E-state index in [1.165, 1.54) is 30.7 Å². The number of anilines is 2. The normalized spacial score (nSPS) is 10.9. The van der Waals surface area contributed by atoms with Crippen LogP contribution in [0.2, 0.25) is 0 Å². The van der Waals surface area contributed by atoms with Crippen LogP contribution in [0.4, 0.5) is 11.5 Å². The minimum atomic E-state index is -3.66. The Kier molecular flexibility index (Phi) is 3.40. The Bertz CT molecular complexity index is 630. The van der Waals surface area contributed by atoms with Crippen LogP contribution in [0.3, 0.4) is 0 Å². The molecule has 0 aliphatic heterocycles. The molecule has 7 nitrogen and oxygen atoms in total. The lowest BCUT2D eigenvalue weighted by Gasteiger charge is -2.08. The van der Waals surface area contributed by atoms with Crippen LogP contribution in [0.5, 0.6) is 0 Å². The minimum Gasteiger partial charge on any atom is -0.308 e. The van der Waals surface area contributed by atoms with E-state index in [2.05, 4.69) is 20.1 Å². The summed E-state index contributed by atoms with van der Waals surface area (Å²) in [5, 5.41) is 0. The molecule has 94 valence electrons. The van der Waals surface area contributed by atoms with Gasteiger partial charge in [0, 0.05) is 24.7 Å². The van der Waals surface area contributed by atoms with Gasteiger partial charge in [0.15, 0.2) is 0 Å². The minimum absolute atomic E-state index is 0.0715. The molecule has 0 aliphatic rings. The predicted octanol–water partition coefficient (Wildman–Crippen LogP) is 0.563. The van der Waals surface area contributed by atoms with Crippen LogP contribution >= 0.6 is 0 Å². The number of hydrogen-bond acceptors (Lipinski definition) is 6. The van der Waals surface area contributed by atoms with Gasteiger partial charge in [0.05, 0.1) is 10.6 Å². The SMILES string of the molecule is NNc1cc(S(=O)(=O)Nc2ccncc2)ccn1. The van der Waals surface area contributed by atoms with Gasteiger partial charge in [0.1, 0.15) is 5.82 Å². The van der Waals surface area contributed by atoms with Gasteiger partial charge in [-0.2, -0.15) is 0 Å². The van der Waals surface area contributed by atoms with Gasteiger partial charge in [-0.1, -0.05) is 0 Å². The number of nitrogens with zero attached hydrogens (tertiary/aromatic N) is 2. The number of nitrogen functional groups attached to an aromatic ring is 1. The van der Waals surface area contributed by atoms with Gasteiger partial charge in [0.25, 0.3) is 10.0 Å². The van der Waals surface area contributed by atoms with Gasteiger partial charge >= 0.3 is 0 Å². The number of hydrazine groups is 1. The molecule has 18 heavy (non-hydrogen) atoms. The average molecular weight is 265 g/mol. The monoisotopic (exact) mass is 265 g/mol. The fraction of sp³-hybridized carbons (Fsp3) is 0. The Morgan fingerprint density at radius 3 is 2.50 bits per heavy atom. The van der Waals surface area contributed by atoms with Crippen molar-refractivity contribution in [1.29, 1.82) is 0 Å². The van der Waals surface area contributed by atoms with Crippen molar-refractivity contribution in [1.82, 2.24) is 9.97 Å². The molecule has 0 amide bonds. The third-order valence-corrected chi connectivity index (χ3v) is 3.50. The largest absolute Gasteiger partial charge is 0.308 e. The van der Waals surface area contributed by atoms with E-state index in [0.29, 0.717) is 5.69 Å². The van der Waals surface area contributed by atoms with E-state index in [1.807, 2.05) is 0 Å². The van der Waals surface area contributed by atoms with Crippen molar-refractivity contribution in [3.8, 4) is 0 Å². The topological polar surface area (TPSA) is 110 Å². The van der Waals surface area contributed by atoms with E-state index in [0.717, 1.165) is 0 Å². The highest BCUT2D eigenvalue weighted by molar-refractivity contribution is 7.92. The van der Waals surface area contributed by atoms with E-state index >= 15 is 0 Å². The molecule has 0 aromatic carbocycles. The summed E-state index contributed by atoms with van der Waals surface area (Å²) in [5.41, 5.74) is 2.72. The molecule has 2 aromatic heterocycles. The van der Waals surface area contributed by atoms with Gasteiger partial charge in [-0.25, -0.2) is 19.2 Å².